The number of aryl methyl sites for hydroxylation is 1. The van der Waals surface area contributed by atoms with Crippen molar-refractivity contribution in [1.29, 1.82) is 0 Å². The Balaban J connectivity index is 1.47. The van der Waals surface area contributed by atoms with Gasteiger partial charge >= 0.3 is 6.03 Å². The molecule has 0 saturated carbocycles. The van der Waals surface area contributed by atoms with Crippen LogP contribution < -0.4 is 10.6 Å². The molecule has 0 aliphatic carbocycles. The molecule has 1 aromatic heterocycles. The van der Waals surface area contributed by atoms with Gasteiger partial charge in [-0.15, -0.1) is 0 Å². The van der Waals surface area contributed by atoms with Gasteiger partial charge in [-0.25, -0.2) is 4.79 Å². The molecule has 0 unspecified atom stereocenters. The van der Waals surface area contributed by atoms with Gasteiger partial charge in [0.2, 0.25) is 0 Å². The molecule has 1 aliphatic heterocycles. The Bertz CT molecular complexity index is 641. The van der Waals surface area contributed by atoms with Gasteiger partial charge in [-0.2, -0.15) is 5.10 Å². The van der Waals surface area contributed by atoms with Crippen LogP contribution in [0.15, 0.2) is 36.5 Å². The lowest BCUT2D eigenvalue weighted by molar-refractivity contribution is 0.0910. The number of aromatic nitrogens is 2. The van der Waals surface area contributed by atoms with Crippen molar-refractivity contribution in [1.82, 2.24) is 20.8 Å². The topological polar surface area (TPSA) is 79.0 Å². The summed E-state index contributed by atoms with van der Waals surface area (Å²) < 4.78 is 5.83. The van der Waals surface area contributed by atoms with E-state index < -0.39 is 0 Å². The van der Waals surface area contributed by atoms with E-state index in [1.807, 2.05) is 25.1 Å². The average molecular weight is 314 g/mol. The fourth-order valence-corrected chi connectivity index (χ4v) is 2.87. The van der Waals surface area contributed by atoms with Crippen LogP contribution in [0.2, 0.25) is 0 Å². The van der Waals surface area contributed by atoms with Crippen LogP contribution in [0.25, 0.3) is 0 Å². The Morgan fingerprint density at radius 2 is 2.17 bits per heavy atom. The average Bonchev–Trinajstić information content (AvgIpc) is 3.20. The van der Waals surface area contributed by atoms with E-state index in [2.05, 4.69) is 33.0 Å². The van der Waals surface area contributed by atoms with Crippen LogP contribution >= 0.6 is 0 Å². The number of ether oxygens (including phenoxy) is 1. The van der Waals surface area contributed by atoms with Crippen molar-refractivity contribution in [2.45, 2.75) is 26.0 Å². The summed E-state index contributed by atoms with van der Waals surface area (Å²) in [6, 6.07) is 10.0. The first-order chi connectivity index (χ1) is 11.2. The maximum Gasteiger partial charge on any atom is 0.315 e. The zero-order chi connectivity index (χ0) is 16.1. The van der Waals surface area contributed by atoms with Crippen molar-refractivity contribution in [3.8, 4) is 0 Å². The lowest BCUT2D eigenvalue weighted by atomic mass is 9.95. The van der Waals surface area contributed by atoms with E-state index in [0.717, 1.165) is 24.3 Å². The number of amides is 2. The van der Waals surface area contributed by atoms with Crippen LogP contribution in [0, 0.1) is 12.8 Å². The van der Waals surface area contributed by atoms with Gasteiger partial charge in [0.15, 0.2) is 0 Å². The lowest BCUT2D eigenvalue weighted by Gasteiger charge is -2.19. The Kier molecular flexibility index (Phi) is 4.92. The first kappa shape index (κ1) is 15.6. The number of rotatable bonds is 5. The first-order valence-corrected chi connectivity index (χ1v) is 7.91. The smallest absolute Gasteiger partial charge is 0.315 e. The molecule has 1 fully saturated rings. The molecule has 2 atom stereocenters. The number of hydrogen-bond donors (Lipinski definition) is 3. The third-order valence-corrected chi connectivity index (χ3v) is 4.24. The van der Waals surface area contributed by atoms with Gasteiger partial charge < -0.3 is 15.4 Å². The molecule has 1 aliphatic rings. The molecule has 1 aromatic carbocycles. The molecule has 3 rings (SSSR count). The van der Waals surface area contributed by atoms with E-state index in [9.17, 15) is 4.79 Å². The van der Waals surface area contributed by atoms with E-state index in [4.69, 9.17) is 4.74 Å². The van der Waals surface area contributed by atoms with Gasteiger partial charge in [0, 0.05) is 36.9 Å². The van der Waals surface area contributed by atoms with E-state index >= 15 is 0 Å². The molecule has 3 N–H and O–H groups in total. The monoisotopic (exact) mass is 314 g/mol. The fraction of sp³-hybridized carbons (Fsp3) is 0.412. The van der Waals surface area contributed by atoms with Gasteiger partial charge in [0.05, 0.1) is 12.3 Å². The maximum atomic E-state index is 12.0. The molecule has 0 bridgehead atoms. The van der Waals surface area contributed by atoms with Gasteiger partial charge in [0.25, 0.3) is 0 Å². The van der Waals surface area contributed by atoms with Gasteiger partial charge in [-0.1, -0.05) is 30.3 Å². The number of benzene rings is 1. The zero-order valence-electron chi connectivity index (χ0n) is 13.2. The summed E-state index contributed by atoms with van der Waals surface area (Å²) in [6.45, 7) is 3.75. The molecule has 1 saturated heterocycles. The third-order valence-electron chi connectivity index (χ3n) is 4.24. The summed E-state index contributed by atoms with van der Waals surface area (Å²) in [5.41, 5.74) is 3.14. The summed E-state index contributed by atoms with van der Waals surface area (Å²) >= 11 is 0. The number of hydrogen-bond acceptors (Lipinski definition) is 3. The molecule has 23 heavy (non-hydrogen) atoms. The van der Waals surface area contributed by atoms with Crippen molar-refractivity contribution in [3.63, 3.8) is 0 Å². The number of carbonyl (C=O) groups is 1. The largest absolute Gasteiger partial charge is 0.373 e. The SMILES string of the molecule is Cc1[nH]ncc1CNC(=O)NC[C@@H]1CCO[C@H]1c1ccccc1. The molecule has 6 nitrogen and oxygen atoms in total. The van der Waals surface area contributed by atoms with Gasteiger partial charge in [0.1, 0.15) is 0 Å². The molecule has 2 amide bonds. The minimum absolute atomic E-state index is 0.0626. The molecule has 2 aromatic rings. The Morgan fingerprint density at radius 3 is 2.91 bits per heavy atom. The minimum Gasteiger partial charge on any atom is -0.373 e. The van der Waals surface area contributed by atoms with Gasteiger partial charge in [-0.3, -0.25) is 5.10 Å². The Hall–Kier alpha value is -2.34. The molecular weight excluding hydrogens is 292 g/mol. The van der Waals surface area contributed by atoms with E-state index in [1.165, 1.54) is 5.56 Å². The van der Waals surface area contributed by atoms with Crippen LogP contribution in [0.1, 0.15) is 29.3 Å². The van der Waals surface area contributed by atoms with Crippen molar-refractivity contribution in [3.05, 3.63) is 53.3 Å². The summed E-state index contributed by atoms with van der Waals surface area (Å²) in [6.07, 6.45) is 2.75. The van der Waals surface area contributed by atoms with Crippen LogP contribution in [0.3, 0.4) is 0 Å². The maximum absolute atomic E-state index is 12.0. The highest BCUT2D eigenvalue weighted by molar-refractivity contribution is 5.73. The highest BCUT2D eigenvalue weighted by atomic mass is 16.5. The quantitative estimate of drug-likeness (QED) is 0.792. The number of urea groups is 1. The summed E-state index contributed by atoms with van der Waals surface area (Å²) in [7, 11) is 0. The van der Waals surface area contributed by atoms with E-state index in [1.54, 1.807) is 6.20 Å². The lowest BCUT2D eigenvalue weighted by Crippen LogP contribution is -2.38. The van der Waals surface area contributed by atoms with Gasteiger partial charge in [-0.05, 0) is 18.9 Å². The minimum atomic E-state index is -0.163. The molecule has 0 spiro atoms. The number of aromatic amines is 1. The Morgan fingerprint density at radius 1 is 1.35 bits per heavy atom. The predicted octanol–water partition coefficient (Wildman–Crippen LogP) is 2.30. The van der Waals surface area contributed by atoms with Crippen LogP contribution in [0.4, 0.5) is 4.79 Å². The van der Waals surface area contributed by atoms with E-state index in [-0.39, 0.29) is 12.1 Å². The summed E-state index contributed by atoms with van der Waals surface area (Å²) in [4.78, 5) is 12.0. The van der Waals surface area contributed by atoms with Crippen molar-refractivity contribution in [2.75, 3.05) is 13.2 Å². The molecule has 6 heteroatoms. The number of nitrogens with zero attached hydrogens (tertiary/aromatic N) is 1. The fourth-order valence-electron chi connectivity index (χ4n) is 2.87. The van der Waals surface area contributed by atoms with Crippen LogP contribution in [-0.2, 0) is 11.3 Å². The van der Waals surface area contributed by atoms with Crippen molar-refractivity contribution in [2.24, 2.45) is 5.92 Å². The zero-order valence-corrected chi connectivity index (χ0v) is 13.2. The molecule has 0 radical (unpaired) electrons. The second-order valence-corrected chi connectivity index (χ2v) is 5.83. The molecule has 2 heterocycles. The molecular formula is C17H22N4O2. The summed E-state index contributed by atoms with van der Waals surface area (Å²) in [5.74, 6) is 0.304. The summed E-state index contributed by atoms with van der Waals surface area (Å²) in [5, 5.41) is 12.6. The van der Waals surface area contributed by atoms with Crippen LogP contribution in [-0.4, -0.2) is 29.4 Å². The highest BCUT2D eigenvalue weighted by Gasteiger charge is 2.29. The second kappa shape index (κ2) is 7.28. The molecule has 122 valence electrons. The third kappa shape index (κ3) is 3.90. The van der Waals surface area contributed by atoms with E-state index in [0.29, 0.717) is 19.0 Å². The highest BCUT2D eigenvalue weighted by Crippen LogP contribution is 2.33. The van der Waals surface area contributed by atoms with Crippen molar-refractivity contribution >= 4 is 6.03 Å². The number of carbonyl (C=O) groups excluding carboxylic acids is 1. The standard InChI is InChI=1S/C17H22N4O2/c1-12-15(11-20-21-12)10-19-17(22)18-9-14-7-8-23-16(14)13-5-3-2-4-6-13/h2-6,11,14,16H,7-10H2,1H3,(H,20,21)(H2,18,19,22)/t14-,16-/m0/s1. The normalized spacial score (nSPS) is 20.4. The van der Waals surface area contributed by atoms with Crippen molar-refractivity contribution < 1.29 is 9.53 Å². The Labute approximate surface area is 135 Å². The number of H-pyrrole nitrogens is 1. The second-order valence-electron chi connectivity index (χ2n) is 5.83. The first-order valence-electron chi connectivity index (χ1n) is 7.91. The van der Waals surface area contributed by atoms with Crippen LogP contribution in [0.5, 0.6) is 0 Å². The number of nitrogens with one attached hydrogen (secondary N) is 3. The predicted molar refractivity (Wildman–Crippen MR) is 86.8 cm³/mol.